The number of fused-ring (bicyclic) bond motifs is 1. The molecule has 4 nitrogen and oxygen atoms in total. The fraction of sp³-hybridized carbons (Fsp3) is 0.750. The first-order chi connectivity index (χ1) is 10.3. The first-order valence-electron chi connectivity index (χ1n) is 8.21. The minimum Gasteiger partial charge on any atom is -0.312 e. The highest BCUT2D eigenvalue weighted by Crippen LogP contribution is 2.39. The highest BCUT2D eigenvalue weighted by atomic mass is 32.2. The number of rotatable bonds is 2. The van der Waals surface area contributed by atoms with E-state index in [1.165, 1.54) is 42.0 Å². The molecule has 4 rings (SSSR count). The van der Waals surface area contributed by atoms with E-state index in [-0.39, 0.29) is 0 Å². The van der Waals surface area contributed by atoms with E-state index < -0.39 is 0 Å². The molecule has 0 aromatic carbocycles. The third kappa shape index (κ3) is 2.60. The molecule has 114 valence electrons. The van der Waals surface area contributed by atoms with Crippen LogP contribution in [0, 0.1) is 0 Å². The normalized spacial score (nSPS) is 27.2. The summed E-state index contributed by atoms with van der Waals surface area (Å²) in [5.41, 5.74) is 4.11. The SMILES string of the molecule is CN1CCSCC1c1nc2c(c(C3CCC3)n1)CNCC2. The van der Waals surface area contributed by atoms with Crippen molar-refractivity contribution in [1.82, 2.24) is 20.2 Å². The van der Waals surface area contributed by atoms with E-state index in [1.807, 2.05) is 11.8 Å². The molecule has 1 aromatic heterocycles. The summed E-state index contributed by atoms with van der Waals surface area (Å²) >= 11 is 2.04. The summed E-state index contributed by atoms with van der Waals surface area (Å²) in [4.78, 5) is 12.5. The lowest BCUT2D eigenvalue weighted by molar-refractivity contribution is 0.262. The van der Waals surface area contributed by atoms with Crippen molar-refractivity contribution in [2.24, 2.45) is 0 Å². The van der Waals surface area contributed by atoms with Gasteiger partial charge in [-0.15, -0.1) is 0 Å². The second-order valence-corrected chi connectivity index (χ2v) is 7.67. The highest BCUT2D eigenvalue weighted by Gasteiger charge is 2.30. The maximum atomic E-state index is 5.08. The summed E-state index contributed by atoms with van der Waals surface area (Å²) in [5, 5.41) is 3.50. The smallest absolute Gasteiger partial charge is 0.146 e. The Bertz CT molecular complexity index is 529. The van der Waals surface area contributed by atoms with Crippen molar-refractivity contribution in [3.63, 3.8) is 0 Å². The second kappa shape index (κ2) is 5.86. The van der Waals surface area contributed by atoms with Gasteiger partial charge in [0.25, 0.3) is 0 Å². The van der Waals surface area contributed by atoms with E-state index in [0.717, 1.165) is 37.6 Å². The third-order valence-electron chi connectivity index (χ3n) is 5.17. The van der Waals surface area contributed by atoms with E-state index in [0.29, 0.717) is 12.0 Å². The lowest BCUT2D eigenvalue weighted by Crippen LogP contribution is -2.36. The van der Waals surface area contributed by atoms with Crippen molar-refractivity contribution in [3.05, 3.63) is 22.8 Å². The van der Waals surface area contributed by atoms with Crippen LogP contribution in [0.15, 0.2) is 0 Å². The van der Waals surface area contributed by atoms with E-state index in [2.05, 4.69) is 17.3 Å². The largest absolute Gasteiger partial charge is 0.312 e. The van der Waals surface area contributed by atoms with Crippen LogP contribution >= 0.6 is 11.8 Å². The van der Waals surface area contributed by atoms with Crippen LogP contribution in [0.25, 0.3) is 0 Å². The van der Waals surface area contributed by atoms with Crippen molar-refractivity contribution in [2.45, 2.75) is 44.2 Å². The maximum absolute atomic E-state index is 5.08. The van der Waals surface area contributed by atoms with Crippen molar-refractivity contribution in [1.29, 1.82) is 0 Å². The molecule has 1 N–H and O–H groups in total. The van der Waals surface area contributed by atoms with Gasteiger partial charge in [-0.1, -0.05) is 6.42 Å². The zero-order chi connectivity index (χ0) is 14.2. The average Bonchev–Trinajstić information content (AvgIpc) is 2.46. The molecule has 21 heavy (non-hydrogen) atoms. The Kier molecular flexibility index (Phi) is 3.90. The standard InChI is InChI=1S/C16H24N4S/c1-20-7-8-21-10-14(20)16-18-13-5-6-17-9-12(13)15(19-16)11-3-2-4-11/h11,14,17H,2-10H2,1H3. The molecule has 5 heteroatoms. The molecular formula is C16H24N4S. The summed E-state index contributed by atoms with van der Waals surface area (Å²) in [6.07, 6.45) is 5.07. The Hall–Kier alpha value is -0.650. The van der Waals surface area contributed by atoms with Gasteiger partial charge in [-0.05, 0) is 19.9 Å². The number of nitrogens with zero attached hydrogens (tertiary/aromatic N) is 3. The van der Waals surface area contributed by atoms with Crippen LogP contribution in [-0.4, -0.2) is 46.5 Å². The molecule has 3 aliphatic rings. The Labute approximate surface area is 131 Å². The van der Waals surface area contributed by atoms with Gasteiger partial charge in [0.1, 0.15) is 5.82 Å². The van der Waals surface area contributed by atoms with Gasteiger partial charge in [0.2, 0.25) is 0 Å². The summed E-state index contributed by atoms with van der Waals surface area (Å²) in [6.45, 7) is 3.18. The topological polar surface area (TPSA) is 41.1 Å². The average molecular weight is 304 g/mol. The molecule has 0 amide bonds. The van der Waals surface area contributed by atoms with E-state index in [4.69, 9.17) is 9.97 Å². The molecule has 3 heterocycles. The van der Waals surface area contributed by atoms with Crippen molar-refractivity contribution in [2.75, 3.05) is 31.6 Å². The molecule has 0 radical (unpaired) electrons. The van der Waals surface area contributed by atoms with Crippen LogP contribution in [-0.2, 0) is 13.0 Å². The van der Waals surface area contributed by atoms with Gasteiger partial charge < -0.3 is 5.32 Å². The number of hydrogen-bond acceptors (Lipinski definition) is 5. The van der Waals surface area contributed by atoms with Crippen LogP contribution in [0.2, 0.25) is 0 Å². The molecule has 1 atom stereocenters. The number of aromatic nitrogens is 2. The molecule has 1 unspecified atom stereocenters. The van der Waals surface area contributed by atoms with Gasteiger partial charge in [-0.25, -0.2) is 9.97 Å². The quantitative estimate of drug-likeness (QED) is 0.906. The lowest BCUT2D eigenvalue weighted by Gasteiger charge is -2.34. The van der Waals surface area contributed by atoms with Crippen LogP contribution in [0.1, 0.15) is 54.0 Å². The van der Waals surface area contributed by atoms with Crippen LogP contribution in [0.4, 0.5) is 0 Å². The fourth-order valence-corrected chi connectivity index (χ4v) is 4.73. The Morgan fingerprint density at radius 2 is 2.19 bits per heavy atom. The molecule has 1 saturated heterocycles. The Morgan fingerprint density at radius 1 is 1.29 bits per heavy atom. The van der Waals surface area contributed by atoms with Gasteiger partial charge in [0.05, 0.1) is 17.4 Å². The number of thioether (sulfide) groups is 1. The molecule has 2 aliphatic heterocycles. The zero-order valence-electron chi connectivity index (χ0n) is 12.8. The minimum atomic E-state index is 0.405. The summed E-state index contributed by atoms with van der Waals surface area (Å²) in [7, 11) is 2.22. The molecule has 0 bridgehead atoms. The van der Waals surface area contributed by atoms with E-state index in [1.54, 1.807) is 0 Å². The van der Waals surface area contributed by atoms with Crippen molar-refractivity contribution < 1.29 is 0 Å². The monoisotopic (exact) mass is 304 g/mol. The summed E-state index contributed by atoms with van der Waals surface area (Å²) < 4.78 is 0. The van der Waals surface area contributed by atoms with Crippen LogP contribution in [0.5, 0.6) is 0 Å². The number of nitrogens with one attached hydrogen (secondary N) is 1. The van der Waals surface area contributed by atoms with E-state index in [9.17, 15) is 0 Å². The Balaban J connectivity index is 1.73. The first kappa shape index (κ1) is 14.0. The molecule has 1 aliphatic carbocycles. The van der Waals surface area contributed by atoms with Gasteiger partial charge >= 0.3 is 0 Å². The fourth-order valence-electron chi connectivity index (χ4n) is 3.52. The van der Waals surface area contributed by atoms with Crippen LogP contribution in [0.3, 0.4) is 0 Å². The zero-order valence-corrected chi connectivity index (χ0v) is 13.6. The molecule has 2 fully saturated rings. The molecule has 0 spiro atoms. The van der Waals surface area contributed by atoms with Crippen molar-refractivity contribution in [3.8, 4) is 0 Å². The summed E-state index contributed by atoms with van der Waals surface area (Å²) in [6, 6.07) is 0.405. The van der Waals surface area contributed by atoms with Gasteiger partial charge in [0.15, 0.2) is 0 Å². The molecule has 1 aromatic rings. The maximum Gasteiger partial charge on any atom is 0.146 e. The van der Waals surface area contributed by atoms with Gasteiger partial charge in [-0.3, -0.25) is 4.90 Å². The predicted octanol–water partition coefficient (Wildman–Crippen LogP) is 2.11. The predicted molar refractivity (Wildman–Crippen MR) is 86.7 cm³/mol. The highest BCUT2D eigenvalue weighted by molar-refractivity contribution is 7.99. The van der Waals surface area contributed by atoms with Crippen molar-refractivity contribution >= 4 is 11.8 Å². The minimum absolute atomic E-state index is 0.405. The van der Waals surface area contributed by atoms with Crippen LogP contribution < -0.4 is 5.32 Å². The molecular weight excluding hydrogens is 280 g/mol. The second-order valence-electron chi connectivity index (χ2n) is 6.52. The lowest BCUT2D eigenvalue weighted by atomic mass is 9.80. The Morgan fingerprint density at radius 3 is 2.95 bits per heavy atom. The molecule has 1 saturated carbocycles. The third-order valence-corrected chi connectivity index (χ3v) is 6.19. The summed E-state index contributed by atoms with van der Waals surface area (Å²) in [5.74, 6) is 4.16. The van der Waals surface area contributed by atoms with E-state index >= 15 is 0 Å². The van der Waals surface area contributed by atoms with Gasteiger partial charge in [0, 0.05) is 49.0 Å². The van der Waals surface area contributed by atoms with Gasteiger partial charge in [-0.2, -0.15) is 11.8 Å². The first-order valence-corrected chi connectivity index (χ1v) is 9.36. The number of hydrogen-bond donors (Lipinski definition) is 1.